The summed E-state index contributed by atoms with van der Waals surface area (Å²) in [7, 11) is 1.82. The van der Waals surface area contributed by atoms with Crippen LogP contribution in [0.2, 0.25) is 0 Å². The number of carbonyl (C=O) groups excluding carboxylic acids is 1. The summed E-state index contributed by atoms with van der Waals surface area (Å²) in [6.45, 7) is 0.580. The fourth-order valence-corrected chi connectivity index (χ4v) is 4.49. The summed E-state index contributed by atoms with van der Waals surface area (Å²) >= 11 is 0. The molecule has 3 saturated carbocycles. The van der Waals surface area contributed by atoms with Crippen LogP contribution in [0.5, 0.6) is 0 Å². The summed E-state index contributed by atoms with van der Waals surface area (Å²) in [6, 6.07) is 0. The molecule has 0 spiro atoms. The van der Waals surface area contributed by atoms with E-state index in [0.717, 1.165) is 11.8 Å². The lowest BCUT2D eigenvalue weighted by molar-refractivity contribution is -0.138. The van der Waals surface area contributed by atoms with Crippen molar-refractivity contribution in [3.63, 3.8) is 0 Å². The van der Waals surface area contributed by atoms with E-state index in [1.54, 1.807) is 4.90 Å². The average Bonchev–Trinajstić information content (AvgIpc) is 2.75. The molecule has 0 saturated heterocycles. The normalized spacial score (nSPS) is 39.5. The summed E-state index contributed by atoms with van der Waals surface area (Å²) in [5, 5.41) is 8.59. The van der Waals surface area contributed by atoms with Crippen LogP contribution in [0.15, 0.2) is 0 Å². The summed E-state index contributed by atoms with van der Waals surface area (Å²) in [5.74, 6) is 2.77. The molecule has 0 heterocycles. The third-order valence-corrected chi connectivity index (χ3v) is 5.28. The highest BCUT2D eigenvalue weighted by molar-refractivity contribution is 5.82. The monoisotopic (exact) mass is 251 g/mol. The Labute approximate surface area is 107 Å². The van der Waals surface area contributed by atoms with E-state index in [1.165, 1.54) is 19.3 Å². The minimum atomic E-state index is -0.780. The van der Waals surface area contributed by atoms with E-state index in [1.807, 2.05) is 7.05 Å². The summed E-state index contributed by atoms with van der Waals surface area (Å²) in [5.41, 5.74) is 0. The Morgan fingerprint density at radius 3 is 2.39 bits per heavy atom. The van der Waals surface area contributed by atoms with Crippen LogP contribution in [0.4, 0.5) is 0 Å². The first-order valence-corrected chi connectivity index (χ1v) is 7.06. The van der Waals surface area contributed by atoms with Crippen molar-refractivity contribution in [2.24, 2.45) is 29.6 Å². The Morgan fingerprint density at radius 2 is 1.83 bits per heavy atom. The molecule has 4 atom stereocenters. The van der Waals surface area contributed by atoms with Crippen LogP contribution in [0.1, 0.15) is 32.1 Å². The first kappa shape index (κ1) is 12.0. The van der Waals surface area contributed by atoms with E-state index < -0.39 is 5.97 Å². The van der Waals surface area contributed by atoms with Crippen LogP contribution in [-0.2, 0) is 9.59 Å². The van der Waals surface area contributed by atoms with Gasteiger partial charge in [-0.05, 0) is 49.4 Å². The van der Waals surface area contributed by atoms with Gasteiger partial charge in [0.05, 0.1) is 0 Å². The fourth-order valence-electron chi connectivity index (χ4n) is 4.49. The molecule has 3 aliphatic rings. The van der Waals surface area contributed by atoms with E-state index in [4.69, 9.17) is 5.11 Å². The zero-order chi connectivity index (χ0) is 12.9. The number of hydrogen-bond donors (Lipinski definition) is 1. The van der Waals surface area contributed by atoms with Gasteiger partial charge < -0.3 is 10.0 Å². The van der Waals surface area contributed by atoms with Gasteiger partial charge in [-0.25, -0.2) is 0 Å². The topological polar surface area (TPSA) is 57.6 Å². The minimum Gasteiger partial charge on any atom is -0.481 e. The molecule has 1 N–H and O–H groups in total. The van der Waals surface area contributed by atoms with Crippen LogP contribution in [0.25, 0.3) is 0 Å². The molecule has 100 valence electrons. The second-order valence-corrected chi connectivity index (χ2v) is 6.27. The van der Waals surface area contributed by atoms with Gasteiger partial charge in [-0.2, -0.15) is 0 Å². The molecular weight excluding hydrogens is 230 g/mol. The highest BCUT2D eigenvalue weighted by Crippen LogP contribution is 2.69. The van der Waals surface area contributed by atoms with Crippen molar-refractivity contribution >= 4 is 11.9 Å². The van der Waals surface area contributed by atoms with Crippen molar-refractivity contribution in [1.82, 2.24) is 4.90 Å². The molecule has 2 bridgehead atoms. The third-order valence-electron chi connectivity index (χ3n) is 5.28. The molecular formula is C14H21NO3. The Balaban J connectivity index is 1.49. The Bertz CT molecular complexity index is 365. The molecule has 3 rings (SSSR count). The zero-order valence-electron chi connectivity index (χ0n) is 10.8. The first-order valence-electron chi connectivity index (χ1n) is 7.06. The van der Waals surface area contributed by atoms with E-state index >= 15 is 0 Å². The number of rotatable bonds is 5. The first-order chi connectivity index (χ1) is 8.59. The number of carbonyl (C=O) groups is 2. The predicted octanol–water partition coefficient (Wildman–Crippen LogP) is 1.60. The van der Waals surface area contributed by atoms with Crippen LogP contribution < -0.4 is 0 Å². The van der Waals surface area contributed by atoms with Crippen LogP contribution >= 0.6 is 0 Å². The SMILES string of the molecule is CN(CCCC(=O)O)C(=O)C1C2C3CCC(C3)C12. The van der Waals surface area contributed by atoms with E-state index in [2.05, 4.69) is 0 Å². The van der Waals surface area contributed by atoms with Gasteiger partial charge in [-0.15, -0.1) is 0 Å². The predicted molar refractivity (Wildman–Crippen MR) is 65.8 cm³/mol. The molecule has 3 fully saturated rings. The van der Waals surface area contributed by atoms with Crippen molar-refractivity contribution in [2.75, 3.05) is 13.6 Å². The second kappa shape index (κ2) is 4.25. The van der Waals surface area contributed by atoms with Gasteiger partial charge in [0, 0.05) is 25.9 Å². The number of hydrogen-bond acceptors (Lipinski definition) is 2. The van der Waals surface area contributed by atoms with Gasteiger partial charge in [0.15, 0.2) is 0 Å². The van der Waals surface area contributed by atoms with Crippen molar-refractivity contribution in [2.45, 2.75) is 32.1 Å². The maximum Gasteiger partial charge on any atom is 0.303 e. The van der Waals surface area contributed by atoms with Crippen LogP contribution in [0.3, 0.4) is 0 Å². The quantitative estimate of drug-likeness (QED) is 0.807. The molecule has 4 heteroatoms. The average molecular weight is 251 g/mol. The number of carboxylic acids is 1. The lowest BCUT2D eigenvalue weighted by Crippen LogP contribution is -2.31. The van der Waals surface area contributed by atoms with Gasteiger partial charge in [0.25, 0.3) is 0 Å². The minimum absolute atomic E-state index is 0.153. The highest BCUT2D eigenvalue weighted by atomic mass is 16.4. The lowest BCUT2D eigenvalue weighted by atomic mass is 10.0. The number of amides is 1. The van der Waals surface area contributed by atoms with E-state index in [-0.39, 0.29) is 18.2 Å². The molecule has 3 aliphatic carbocycles. The molecule has 1 amide bonds. The maximum absolute atomic E-state index is 12.3. The van der Waals surface area contributed by atoms with Gasteiger partial charge in [-0.3, -0.25) is 9.59 Å². The van der Waals surface area contributed by atoms with E-state index in [9.17, 15) is 9.59 Å². The molecule has 18 heavy (non-hydrogen) atoms. The fraction of sp³-hybridized carbons (Fsp3) is 0.857. The molecule has 0 aromatic carbocycles. The van der Waals surface area contributed by atoms with Crippen molar-refractivity contribution in [1.29, 1.82) is 0 Å². The smallest absolute Gasteiger partial charge is 0.303 e. The number of nitrogens with zero attached hydrogens (tertiary/aromatic N) is 1. The third kappa shape index (κ3) is 1.82. The van der Waals surface area contributed by atoms with Crippen molar-refractivity contribution in [3.05, 3.63) is 0 Å². The van der Waals surface area contributed by atoms with Gasteiger partial charge in [-0.1, -0.05) is 0 Å². The molecule has 0 radical (unpaired) electrons. The number of carboxylic acid groups (broad SMARTS) is 1. The summed E-state index contributed by atoms with van der Waals surface area (Å²) in [6.07, 6.45) is 4.74. The Hall–Kier alpha value is -1.06. The molecule has 0 aliphatic heterocycles. The van der Waals surface area contributed by atoms with Crippen LogP contribution in [0, 0.1) is 29.6 Å². The molecule has 4 nitrogen and oxygen atoms in total. The van der Waals surface area contributed by atoms with Crippen LogP contribution in [-0.4, -0.2) is 35.5 Å². The molecule has 0 aromatic rings. The highest BCUT2D eigenvalue weighted by Gasteiger charge is 2.67. The van der Waals surface area contributed by atoms with E-state index in [0.29, 0.717) is 24.8 Å². The maximum atomic E-state index is 12.3. The molecule has 0 aromatic heterocycles. The standard InChI is InChI=1S/C14H21NO3/c1-15(6-2-3-10(16)17)14(18)13-11-8-4-5-9(7-8)12(11)13/h8-9,11-13H,2-7H2,1H3,(H,16,17). The zero-order valence-corrected chi connectivity index (χ0v) is 10.8. The Morgan fingerprint density at radius 1 is 1.22 bits per heavy atom. The lowest BCUT2D eigenvalue weighted by Gasteiger charge is -2.18. The largest absolute Gasteiger partial charge is 0.481 e. The van der Waals surface area contributed by atoms with Gasteiger partial charge in [0.1, 0.15) is 0 Å². The van der Waals surface area contributed by atoms with Gasteiger partial charge >= 0.3 is 5.97 Å². The van der Waals surface area contributed by atoms with Gasteiger partial charge in [0.2, 0.25) is 5.91 Å². The summed E-state index contributed by atoms with van der Waals surface area (Å²) < 4.78 is 0. The van der Waals surface area contributed by atoms with Crippen molar-refractivity contribution < 1.29 is 14.7 Å². The van der Waals surface area contributed by atoms with Crippen molar-refractivity contribution in [3.8, 4) is 0 Å². The summed E-state index contributed by atoms with van der Waals surface area (Å²) in [4.78, 5) is 24.5. The Kier molecular flexibility index (Phi) is 2.83. The molecule has 4 unspecified atom stereocenters. The number of fused-ring (bicyclic) bond motifs is 5. The second-order valence-electron chi connectivity index (χ2n) is 6.27. The number of aliphatic carboxylic acids is 1.